The zero-order valence-electron chi connectivity index (χ0n) is 23.3. The molecular formula is C29H28FN5O6S2. The number of hydrogen-bond donors (Lipinski definition) is 2. The average molecular weight is 626 g/mol. The van der Waals surface area contributed by atoms with E-state index < -0.39 is 33.1 Å². The first-order chi connectivity index (χ1) is 20.6. The van der Waals surface area contributed by atoms with Crippen molar-refractivity contribution in [3.05, 3.63) is 108 Å². The van der Waals surface area contributed by atoms with Crippen LogP contribution < -0.4 is 16.0 Å². The van der Waals surface area contributed by atoms with Crippen LogP contribution in [0.5, 0.6) is 0 Å². The number of thiophene rings is 1. The van der Waals surface area contributed by atoms with Crippen LogP contribution in [-0.4, -0.2) is 40.6 Å². The lowest BCUT2D eigenvalue weighted by Crippen LogP contribution is -2.40. The average Bonchev–Trinajstić information content (AvgIpc) is 3.65. The molecule has 14 heteroatoms. The first-order valence-corrected chi connectivity index (χ1v) is 15.7. The number of nitrogens with zero attached hydrogens (tertiary/aromatic N) is 3. The first kappa shape index (κ1) is 29.9. The van der Waals surface area contributed by atoms with Gasteiger partial charge in [-0.3, -0.25) is 18.7 Å². The van der Waals surface area contributed by atoms with Crippen LogP contribution in [0.25, 0.3) is 11.2 Å². The highest BCUT2D eigenvalue weighted by Gasteiger charge is 2.25. The molecule has 0 aliphatic heterocycles. The Morgan fingerprint density at radius 2 is 1.84 bits per heavy atom. The minimum absolute atomic E-state index is 0.0260. The molecule has 0 radical (unpaired) electrons. The Labute approximate surface area is 249 Å². The number of carbonyl (C=O) groups is 1. The molecule has 2 N–H and O–H groups in total. The summed E-state index contributed by atoms with van der Waals surface area (Å²) in [5, 5.41) is 1.49. The number of aromatic nitrogens is 4. The summed E-state index contributed by atoms with van der Waals surface area (Å²) in [5.74, 6) is -0.824. The van der Waals surface area contributed by atoms with Crippen molar-refractivity contribution in [1.82, 2.24) is 19.1 Å². The molecule has 5 rings (SSSR count). The molecule has 43 heavy (non-hydrogen) atoms. The number of sulfonamides is 1. The number of imidazole rings is 1. The summed E-state index contributed by atoms with van der Waals surface area (Å²) < 4.78 is 49.7. The van der Waals surface area contributed by atoms with Gasteiger partial charge in [0.05, 0.1) is 13.7 Å². The summed E-state index contributed by atoms with van der Waals surface area (Å²) in [6.07, 6.45) is 1.75. The molecule has 0 amide bonds. The third-order valence-electron chi connectivity index (χ3n) is 6.80. The molecule has 0 spiro atoms. The molecule has 2 aromatic carbocycles. The number of aromatic amines is 1. The Kier molecular flexibility index (Phi) is 8.59. The van der Waals surface area contributed by atoms with Crippen LogP contribution in [0.3, 0.4) is 0 Å². The maximum absolute atomic E-state index is 14.4. The SMILES string of the molecule is CCCCn1c(=O)n(Cc2ccccc2F)c(=O)c2[nH]c(Cc3ccc(NS(=O)(=O)c4ccsc4C(=O)OC)cc3)nc21. The van der Waals surface area contributed by atoms with Gasteiger partial charge in [0, 0.05) is 24.2 Å². The predicted octanol–water partition coefficient (Wildman–Crippen LogP) is 4.11. The first-order valence-electron chi connectivity index (χ1n) is 13.4. The van der Waals surface area contributed by atoms with Crippen LogP contribution >= 0.6 is 11.3 Å². The maximum Gasteiger partial charge on any atom is 0.349 e. The van der Waals surface area contributed by atoms with Gasteiger partial charge in [0.1, 0.15) is 26.9 Å². The monoisotopic (exact) mass is 625 g/mol. The van der Waals surface area contributed by atoms with Crippen molar-refractivity contribution in [2.75, 3.05) is 11.8 Å². The second-order valence-corrected chi connectivity index (χ2v) is 12.3. The van der Waals surface area contributed by atoms with Gasteiger partial charge in [-0.2, -0.15) is 0 Å². The van der Waals surface area contributed by atoms with Crippen LogP contribution in [0.1, 0.15) is 46.4 Å². The second-order valence-electron chi connectivity index (χ2n) is 9.74. The van der Waals surface area contributed by atoms with E-state index in [2.05, 4.69) is 19.4 Å². The zero-order valence-corrected chi connectivity index (χ0v) is 24.9. The van der Waals surface area contributed by atoms with Gasteiger partial charge in [-0.05, 0) is 41.6 Å². The number of anilines is 1. The number of hydrogen-bond acceptors (Lipinski definition) is 8. The lowest BCUT2D eigenvalue weighted by atomic mass is 10.1. The molecule has 0 bridgehead atoms. The summed E-state index contributed by atoms with van der Waals surface area (Å²) in [6.45, 7) is 2.10. The van der Waals surface area contributed by atoms with E-state index in [1.54, 1.807) is 30.3 Å². The minimum atomic E-state index is -4.05. The largest absolute Gasteiger partial charge is 0.465 e. The number of nitrogens with one attached hydrogen (secondary N) is 2. The highest BCUT2D eigenvalue weighted by Crippen LogP contribution is 2.25. The topological polar surface area (TPSA) is 145 Å². The van der Waals surface area contributed by atoms with Crippen LogP contribution in [0.15, 0.2) is 74.5 Å². The van der Waals surface area contributed by atoms with Crippen molar-refractivity contribution >= 4 is 44.2 Å². The fourth-order valence-electron chi connectivity index (χ4n) is 4.60. The molecule has 0 saturated heterocycles. The molecule has 5 aromatic rings. The van der Waals surface area contributed by atoms with Gasteiger partial charge in [0.25, 0.3) is 15.6 Å². The smallest absolute Gasteiger partial charge is 0.349 e. The van der Waals surface area contributed by atoms with Gasteiger partial charge >= 0.3 is 11.7 Å². The number of H-pyrrole nitrogens is 1. The van der Waals surface area contributed by atoms with Gasteiger partial charge in [0.15, 0.2) is 5.65 Å². The van der Waals surface area contributed by atoms with Gasteiger partial charge in [0.2, 0.25) is 0 Å². The molecule has 0 aliphatic rings. The Morgan fingerprint density at radius 3 is 2.53 bits per heavy atom. The summed E-state index contributed by atoms with van der Waals surface area (Å²) in [7, 11) is -2.87. The van der Waals surface area contributed by atoms with Crippen LogP contribution in [0, 0.1) is 5.82 Å². The van der Waals surface area contributed by atoms with Gasteiger partial charge in [-0.15, -0.1) is 11.3 Å². The minimum Gasteiger partial charge on any atom is -0.465 e. The maximum atomic E-state index is 14.4. The Balaban J connectivity index is 1.42. The van der Waals surface area contributed by atoms with E-state index in [0.29, 0.717) is 18.8 Å². The van der Waals surface area contributed by atoms with E-state index in [1.807, 2.05) is 6.92 Å². The summed E-state index contributed by atoms with van der Waals surface area (Å²) in [4.78, 5) is 46.1. The number of unbranched alkanes of at least 4 members (excludes halogenated alkanes) is 1. The normalized spacial score (nSPS) is 11.6. The van der Waals surface area contributed by atoms with E-state index in [0.717, 1.165) is 27.9 Å². The van der Waals surface area contributed by atoms with Gasteiger partial charge < -0.3 is 9.72 Å². The third kappa shape index (κ3) is 6.15. The van der Waals surface area contributed by atoms with Gasteiger partial charge in [-0.25, -0.2) is 27.4 Å². The molecule has 0 saturated carbocycles. The van der Waals surface area contributed by atoms with Crippen molar-refractivity contribution in [3.63, 3.8) is 0 Å². The number of rotatable bonds is 11. The number of halogens is 1. The lowest BCUT2D eigenvalue weighted by Gasteiger charge is -2.11. The Hall–Kier alpha value is -4.56. The van der Waals surface area contributed by atoms with E-state index in [1.165, 1.54) is 41.3 Å². The number of fused-ring (bicyclic) bond motifs is 1. The molecular weight excluding hydrogens is 597 g/mol. The predicted molar refractivity (Wildman–Crippen MR) is 161 cm³/mol. The third-order valence-corrected chi connectivity index (χ3v) is 9.25. The molecule has 0 fully saturated rings. The summed E-state index contributed by atoms with van der Waals surface area (Å²) in [6, 6.07) is 13.8. The number of esters is 1. The number of methoxy groups -OCH3 is 1. The van der Waals surface area contributed by atoms with Crippen molar-refractivity contribution < 1.29 is 22.3 Å². The van der Waals surface area contributed by atoms with Crippen molar-refractivity contribution in [2.45, 2.75) is 44.2 Å². The molecule has 224 valence electrons. The highest BCUT2D eigenvalue weighted by atomic mass is 32.2. The molecule has 0 atom stereocenters. The fraction of sp³-hybridized carbons (Fsp3) is 0.241. The van der Waals surface area contributed by atoms with E-state index in [-0.39, 0.29) is 45.2 Å². The molecule has 3 aromatic heterocycles. The number of aryl methyl sites for hydroxylation is 1. The molecule has 11 nitrogen and oxygen atoms in total. The van der Waals surface area contributed by atoms with Crippen LogP contribution in [0.4, 0.5) is 10.1 Å². The second kappa shape index (κ2) is 12.4. The van der Waals surface area contributed by atoms with Crippen molar-refractivity contribution in [1.29, 1.82) is 0 Å². The molecule has 0 aliphatic carbocycles. The molecule has 3 heterocycles. The summed E-state index contributed by atoms with van der Waals surface area (Å²) in [5.41, 5.74) is 0.457. The van der Waals surface area contributed by atoms with Crippen LogP contribution in [-0.2, 0) is 34.3 Å². The van der Waals surface area contributed by atoms with E-state index in [4.69, 9.17) is 0 Å². The quantitative estimate of drug-likeness (QED) is 0.210. The summed E-state index contributed by atoms with van der Waals surface area (Å²) >= 11 is 0.968. The highest BCUT2D eigenvalue weighted by molar-refractivity contribution is 7.93. The lowest BCUT2D eigenvalue weighted by molar-refractivity contribution is 0.0602. The van der Waals surface area contributed by atoms with Crippen molar-refractivity contribution in [2.24, 2.45) is 0 Å². The van der Waals surface area contributed by atoms with E-state index >= 15 is 0 Å². The zero-order chi connectivity index (χ0) is 30.7. The Bertz CT molecular complexity index is 2030. The number of benzene rings is 2. The fourth-order valence-corrected chi connectivity index (χ4v) is 6.99. The van der Waals surface area contributed by atoms with E-state index in [9.17, 15) is 27.2 Å². The standard InChI is InChI=1S/C29H28FN5O6S2/c1-3-4-14-34-26-24(27(36)35(29(34)38)17-19-7-5-6-8-21(19)30)31-23(32-26)16-18-9-11-20(12-10-18)33-43(39,40)22-13-15-42-25(22)28(37)41-2/h5-13,15,33H,3-4,14,16-17H2,1-2H3,(H,31,32). The van der Waals surface area contributed by atoms with Crippen LogP contribution in [0.2, 0.25) is 0 Å². The van der Waals surface area contributed by atoms with Crippen molar-refractivity contribution in [3.8, 4) is 0 Å². The molecule has 0 unspecified atom stereocenters. The van der Waals surface area contributed by atoms with Gasteiger partial charge in [-0.1, -0.05) is 43.7 Å². The number of ether oxygens (including phenoxy) is 1. The Morgan fingerprint density at radius 1 is 1.09 bits per heavy atom. The number of carbonyl (C=O) groups excluding carboxylic acids is 1.